The molecule has 1 saturated heterocycles. The SMILES string of the molecule is Cc1cn2cc(-c3nc4cnn(C5CCNCC5)c(=O)c4s3)cc(C#N)c2n1. The lowest BCUT2D eigenvalue weighted by atomic mass is 10.1. The average molecular weight is 391 g/mol. The number of piperidine rings is 1. The van der Waals surface area contributed by atoms with Gasteiger partial charge in [-0.1, -0.05) is 0 Å². The van der Waals surface area contributed by atoms with E-state index in [4.69, 9.17) is 0 Å². The Morgan fingerprint density at radius 2 is 2.11 bits per heavy atom. The lowest BCUT2D eigenvalue weighted by molar-refractivity contribution is 0.333. The third kappa shape index (κ3) is 2.69. The van der Waals surface area contributed by atoms with E-state index in [0.717, 1.165) is 37.2 Å². The summed E-state index contributed by atoms with van der Waals surface area (Å²) in [4.78, 5) is 22.0. The zero-order chi connectivity index (χ0) is 19.3. The number of rotatable bonds is 2. The van der Waals surface area contributed by atoms with Crippen LogP contribution in [0.3, 0.4) is 0 Å². The first kappa shape index (κ1) is 17.0. The molecule has 0 atom stereocenters. The molecule has 0 aliphatic carbocycles. The Kier molecular flexibility index (Phi) is 3.96. The van der Waals surface area contributed by atoms with E-state index >= 15 is 0 Å². The van der Waals surface area contributed by atoms with Crippen LogP contribution in [0.2, 0.25) is 0 Å². The smallest absolute Gasteiger partial charge is 0.286 e. The molecule has 1 N–H and O–H groups in total. The second-order valence-corrected chi connectivity index (χ2v) is 7.98. The van der Waals surface area contributed by atoms with Crippen LogP contribution < -0.4 is 10.9 Å². The number of pyridine rings is 1. The molecule has 9 heteroatoms. The highest BCUT2D eigenvalue weighted by atomic mass is 32.1. The minimum atomic E-state index is -0.0896. The number of nitrogens with zero attached hydrogens (tertiary/aromatic N) is 6. The Hall–Kier alpha value is -3.09. The van der Waals surface area contributed by atoms with E-state index in [1.807, 2.05) is 23.7 Å². The molecular formula is C19H17N7OS. The van der Waals surface area contributed by atoms with E-state index in [2.05, 4.69) is 26.5 Å². The molecule has 1 aliphatic heterocycles. The zero-order valence-corrected chi connectivity index (χ0v) is 16.0. The fourth-order valence-electron chi connectivity index (χ4n) is 3.70. The van der Waals surface area contributed by atoms with Gasteiger partial charge in [0.15, 0.2) is 5.65 Å². The van der Waals surface area contributed by atoms with E-state index < -0.39 is 0 Å². The van der Waals surface area contributed by atoms with Crippen molar-refractivity contribution in [1.82, 2.24) is 29.5 Å². The van der Waals surface area contributed by atoms with Crippen LogP contribution in [0.1, 0.15) is 30.1 Å². The normalized spacial score (nSPS) is 15.3. The maximum atomic E-state index is 13.0. The largest absolute Gasteiger partial charge is 0.317 e. The first-order valence-electron chi connectivity index (χ1n) is 9.13. The van der Waals surface area contributed by atoms with Gasteiger partial charge in [-0.3, -0.25) is 4.79 Å². The zero-order valence-electron chi connectivity index (χ0n) is 15.2. The molecule has 4 aromatic rings. The molecule has 5 heterocycles. The topological polar surface area (TPSA) is 101 Å². The van der Waals surface area contributed by atoms with Crippen LogP contribution in [-0.2, 0) is 0 Å². The Bertz CT molecular complexity index is 1300. The average Bonchev–Trinajstić information content (AvgIpc) is 3.31. The first-order chi connectivity index (χ1) is 13.6. The van der Waals surface area contributed by atoms with Crippen molar-refractivity contribution in [2.45, 2.75) is 25.8 Å². The third-order valence-electron chi connectivity index (χ3n) is 5.05. The highest BCUT2D eigenvalue weighted by Crippen LogP contribution is 2.30. The second kappa shape index (κ2) is 6.51. The number of aryl methyl sites for hydroxylation is 1. The highest BCUT2D eigenvalue weighted by Gasteiger charge is 2.20. The fourth-order valence-corrected chi connectivity index (χ4v) is 4.65. The van der Waals surface area contributed by atoms with Crippen molar-refractivity contribution in [3.8, 4) is 16.6 Å². The predicted molar refractivity (Wildman–Crippen MR) is 106 cm³/mol. The van der Waals surface area contributed by atoms with Crippen LogP contribution in [0.25, 0.3) is 26.4 Å². The molecule has 4 aromatic heterocycles. The van der Waals surface area contributed by atoms with Crippen LogP contribution in [0.4, 0.5) is 0 Å². The molecule has 0 unspecified atom stereocenters. The van der Waals surface area contributed by atoms with Crippen LogP contribution in [-0.4, -0.2) is 37.2 Å². The molecule has 0 radical (unpaired) electrons. The molecule has 0 bridgehead atoms. The molecular weight excluding hydrogens is 374 g/mol. The second-order valence-electron chi connectivity index (χ2n) is 6.98. The van der Waals surface area contributed by atoms with Gasteiger partial charge in [0.2, 0.25) is 0 Å². The van der Waals surface area contributed by atoms with Gasteiger partial charge in [0.25, 0.3) is 5.56 Å². The minimum Gasteiger partial charge on any atom is -0.317 e. The van der Waals surface area contributed by atoms with Crippen molar-refractivity contribution in [2.75, 3.05) is 13.1 Å². The van der Waals surface area contributed by atoms with Crippen molar-refractivity contribution in [2.24, 2.45) is 0 Å². The molecule has 8 nitrogen and oxygen atoms in total. The monoisotopic (exact) mass is 391 g/mol. The van der Waals surface area contributed by atoms with Crippen LogP contribution in [0.15, 0.2) is 29.5 Å². The lowest BCUT2D eigenvalue weighted by Gasteiger charge is -2.23. The summed E-state index contributed by atoms with van der Waals surface area (Å²) in [6.45, 7) is 3.68. The predicted octanol–water partition coefficient (Wildman–Crippen LogP) is 2.27. The van der Waals surface area contributed by atoms with Crippen LogP contribution in [0.5, 0.6) is 0 Å². The van der Waals surface area contributed by atoms with Gasteiger partial charge in [0, 0.05) is 18.0 Å². The number of hydrogen-bond acceptors (Lipinski definition) is 7. The summed E-state index contributed by atoms with van der Waals surface area (Å²) in [5.41, 5.74) is 3.24. The quantitative estimate of drug-likeness (QED) is 0.563. The first-order valence-corrected chi connectivity index (χ1v) is 9.94. The Labute approximate surface area is 164 Å². The van der Waals surface area contributed by atoms with Crippen LogP contribution >= 0.6 is 11.3 Å². The van der Waals surface area contributed by atoms with Crippen molar-refractivity contribution in [3.05, 3.63) is 46.3 Å². The standard InChI is InChI=1S/C19H17N7OS/c1-11-9-25-10-13(6-12(7-20)17(25)23-11)18-24-15-8-22-26(19(27)16(15)28-18)14-2-4-21-5-3-14/h6,8-10,14,21H,2-5H2,1H3. The molecule has 0 aromatic carbocycles. The van der Waals surface area contributed by atoms with E-state index in [1.54, 1.807) is 16.9 Å². The fraction of sp³-hybridized carbons (Fsp3) is 0.316. The van der Waals surface area contributed by atoms with Gasteiger partial charge in [-0.25, -0.2) is 14.6 Å². The summed E-state index contributed by atoms with van der Waals surface area (Å²) in [5, 5.41) is 17.9. The van der Waals surface area contributed by atoms with E-state index in [1.165, 1.54) is 11.3 Å². The number of thiazole rings is 1. The maximum absolute atomic E-state index is 13.0. The summed E-state index contributed by atoms with van der Waals surface area (Å²) in [7, 11) is 0. The third-order valence-corrected chi connectivity index (χ3v) is 6.16. The summed E-state index contributed by atoms with van der Waals surface area (Å²) in [6.07, 6.45) is 7.23. The van der Waals surface area contributed by atoms with Gasteiger partial charge in [0.1, 0.15) is 21.3 Å². The maximum Gasteiger partial charge on any atom is 0.286 e. The molecule has 0 spiro atoms. The Balaban J connectivity index is 1.64. The molecule has 140 valence electrons. The van der Waals surface area contributed by atoms with E-state index in [-0.39, 0.29) is 11.6 Å². The molecule has 1 fully saturated rings. The number of hydrogen-bond donors (Lipinski definition) is 1. The lowest BCUT2D eigenvalue weighted by Crippen LogP contribution is -2.35. The summed E-state index contributed by atoms with van der Waals surface area (Å²) >= 11 is 1.35. The summed E-state index contributed by atoms with van der Waals surface area (Å²) in [6, 6.07) is 4.10. The van der Waals surface area contributed by atoms with Crippen molar-refractivity contribution in [1.29, 1.82) is 5.26 Å². The summed E-state index contributed by atoms with van der Waals surface area (Å²) in [5.74, 6) is 0. The molecule has 1 aliphatic rings. The number of fused-ring (bicyclic) bond motifs is 2. The van der Waals surface area contributed by atoms with Crippen LogP contribution in [0, 0.1) is 18.3 Å². The minimum absolute atomic E-state index is 0.0896. The van der Waals surface area contributed by atoms with E-state index in [0.29, 0.717) is 26.4 Å². The van der Waals surface area contributed by atoms with Crippen molar-refractivity contribution < 1.29 is 0 Å². The van der Waals surface area contributed by atoms with E-state index in [9.17, 15) is 10.1 Å². The van der Waals surface area contributed by atoms with Gasteiger partial charge in [-0.15, -0.1) is 11.3 Å². The Morgan fingerprint density at radius 1 is 1.29 bits per heavy atom. The van der Waals surface area contributed by atoms with Crippen molar-refractivity contribution in [3.63, 3.8) is 0 Å². The Morgan fingerprint density at radius 3 is 2.89 bits per heavy atom. The molecule has 0 saturated carbocycles. The summed E-state index contributed by atoms with van der Waals surface area (Å²) < 4.78 is 4.04. The number of aromatic nitrogens is 5. The molecule has 28 heavy (non-hydrogen) atoms. The van der Waals surface area contributed by atoms with Gasteiger partial charge < -0.3 is 9.72 Å². The van der Waals surface area contributed by atoms with Gasteiger partial charge >= 0.3 is 0 Å². The highest BCUT2D eigenvalue weighted by molar-refractivity contribution is 7.21. The van der Waals surface area contributed by atoms with Crippen molar-refractivity contribution >= 4 is 27.2 Å². The van der Waals surface area contributed by atoms with Gasteiger partial charge in [-0.05, 0) is 38.9 Å². The number of imidazole rings is 1. The van der Waals surface area contributed by atoms with Gasteiger partial charge in [-0.2, -0.15) is 10.4 Å². The molecule has 0 amide bonds. The van der Waals surface area contributed by atoms with Gasteiger partial charge in [0.05, 0.1) is 23.5 Å². The number of nitriles is 1. The number of nitrogens with one attached hydrogen (secondary N) is 1. The molecule has 5 rings (SSSR count).